The molecule has 12 heteroatoms. The van der Waals surface area contributed by atoms with E-state index in [1.54, 1.807) is 25.1 Å². The highest BCUT2D eigenvalue weighted by atomic mass is 127. The minimum atomic E-state index is -0.601. The molecule has 1 aliphatic heterocycles. The first kappa shape index (κ1) is 26.8. The van der Waals surface area contributed by atoms with Gasteiger partial charge in [0, 0.05) is 9.26 Å². The minimum absolute atomic E-state index is 0.121. The lowest BCUT2D eigenvalue weighted by Gasteiger charge is -2.13. The number of hydrogen-bond donors (Lipinski definition) is 1. The predicted molar refractivity (Wildman–Crippen MR) is 141 cm³/mol. The maximum Gasteiger partial charge on any atom is 0.344 e. The Balaban J connectivity index is 1.72. The van der Waals surface area contributed by atoms with Gasteiger partial charge in [-0.05, 0) is 89.3 Å². The number of thioether (sulfide) groups is 1. The predicted octanol–water partition coefficient (Wildman–Crippen LogP) is 4.57. The molecule has 0 unspecified atom stereocenters. The molecule has 2 aromatic carbocycles. The summed E-state index contributed by atoms with van der Waals surface area (Å²) in [7, 11) is 1.40. The molecule has 3 rings (SSSR count). The largest absolute Gasteiger partial charge is 0.493 e. The molecule has 0 atom stereocenters. The highest BCUT2D eigenvalue weighted by Crippen LogP contribution is 2.39. The lowest BCUT2D eigenvalue weighted by molar-refractivity contribution is -0.145. The van der Waals surface area contributed by atoms with Gasteiger partial charge in [0.05, 0.1) is 23.6 Å². The molecule has 0 saturated carbocycles. The van der Waals surface area contributed by atoms with Crippen LogP contribution in [0.3, 0.4) is 0 Å². The summed E-state index contributed by atoms with van der Waals surface area (Å²) in [6.07, 6.45) is 1.46. The molecule has 0 spiro atoms. The molecule has 35 heavy (non-hydrogen) atoms. The summed E-state index contributed by atoms with van der Waals surface area (Å²) in [5.74, 6) is -1.29. The van der Waals surface area contributed by atoms with Gasteiger partial charge in [-0.25, -0.2) is 4.79 Å². The first-order chi connectivity index (χ1) is 16.7. The first-order valence-electron chi connectivity index (χ1n) is 10.2. The van der Waals surface area contributed by atoms with Crippen molar-refractivity contribution in [2.45, 2.75) is 6.92 Å². The zero-order chi connectivity index (χ0) is 25.5. The molecule has 184 valence electrons. The fourth-order valence-electron chi connectivity index (χ4n) is 2.96. The number of nitrogens with zero attached hydrogens (tertiary/aromatic N) is 1. The molecule has 1 aliphatic rings. The maximum atomic E-state index is 12.8. The second kappa shape index (κ2) is 12.3. The van der Waals surface area contributed by atoms with Gasteiger partial charge in [-0.15, -0.1) is 0 Å². The molecular formula is C23H20ClIN2O7S. The number of anilines is 1. The Morgan fingerprint density at radius 1 is 1.20 bits per heavy atom. The van der Waals surface area contributed by atoms with Gasteiger partial charge in [0.2, 0.25) is 5.91 Å². The number of hydrogen-bond acceptors (Lipinski definition) is 8. The fraction of sp³-hybridized carbons (Fsp3) is 0.217. The second-order valence-electron chi connectivity index (χ2n) is 6.95. The van der Waals surface area contributed by atoms with Crippen LogP contribution in [0.25, 0.3) is 6.08 Å². The van der Waals surface area contributed by atoms with Gasteiger partial charge in [0.1, 0.15) is 6.54 Å². The van der Waals surface area contributed by atoms with Gasteiger partial charge in [-0.2, -0.15) is 0 Å². The molecule has 1 fully saturated rings. The Hall–Kier alpha value is -2.77. The number of nitrogens with one attached hydrogen (secondary N) is 1. The Morgan fingerprint density at radius 3 is 2.57 bits per heavy atom. The van der Waals surface area contributed by atoms with E-state index in [1.165, 1.54) is 19.3 Å². The van der Waals surface area contributed by atoms with E-state index in [2.05, 4.69) is 27.9 Å². The average Bonchev–Trinajstić information content (AvgIpc) is 3.07. The van der Waals surface area contributed by atoms with Crippen LogP contribution in [0.4, 0.5) is 10.5 Å². The lowest BCUT2D eigenvalue weighted by atomic mass is 10.1. The van der Waals surface area contributed by atoms with Gasteiger partial charge < -0.3 is 19.5 Å². The minimum Gasteiger partial charge on any atom is -0.493 e. The molecule has 0 bridgehead atoms. The summed E-state index contributed by atoms with van der Waals surface area (Å²) in [4.78, 5) is 50.1. The third-order valence-electron chi connectivity index (χ3n) is 4.49. The van der Waals surface area contributed by atoms with Crippen LogP contribution in [0, 0.1) is 3.57 Å². The van der Waals surface area contributed by atoms with Crippen LogP contribution in [-0.2, 0) is 19.1 Å². The molecule has 3 amide bonds. The van der Waals surface area contributed by atoms with Gasteiger partial charge >= 0.3 is 5.97 Å². The summed E-state index contributed by atoms with van der Waals surface area (Å²) in [5.41, 5.74) is 1.02. The van der Waals surface area contributed by atoms with E-state index in [0.717, 1.165) is 8.47 Å². The van der Waals surface area contributed by atoms with Crippen LogP contribution in [0.1, 0.15) is 12.5 Å². The Labute approximate surface area is 224 Å². The summed E-state index contributed by atoms with van der Waals surface area (Å²) in [6.45, 7) is 1.12. The van der Waals surface area contributed by atoms with Crippen molar-refractivity contribution >= 4 is 80.7 Å². The summed E-state index contributed by atoms with van der Waals surface area (Å²) in [5, 5.41) is 2.23. The van der Waals surface area contributed by atoms with Crippen LogP contribution in [-0.4, -0.2) is 54.8 Å². The quantitative estimate of drug-likeness (QED) is 0.244. The van der Waals surface area contributed by atoms with Gasteiger partial charge in [-0.1, -0.05) is 11.6 Å². The zero-order valence-electron chi connectivity index (χ0n) is 18.6. The summed E-state index contributed by atoms with van der Waals surface area (Å²) < 4.78 is 16.5. The van der Waals surface area contributed by atoms with E-state index in [-0.39, 0.29) is 34.6 Å². The topological polar surface area (TPSA) is 111 Å². The van der Waals surface area contributed by atoms with Gasteiger partial charge in [0.25, 0.3) is 11.1 Å². The first-order valence-corrected chi connectivity index (χ1v) is 12.5. The number of rotatable bonds is 9. The van der Waals surface area contributed by atoms with Crippen LogP contribution in [0.2, 0.25) is 5.02 Å². The molecule has 1 saturated heterocycles. The number of carbonyl (C=O) groups excluding carboxylic acids is 4. The SMILES string of the molecule is CCOC(=O)COc1c(Cl)cc(/C=C2\SC(=O)N(CC(=O)Nc3ccc(I)cc3)C2=O)cc1OC. The van der Waals surface area contributed by atoms with Crippen LogP contribution in [0.15, 0.2) is 41.3 Å². The van der Waals surface area contributed by atoms with Crippen LogP contribution in [0.5, 0.6) is 11.5 Å². The lowest BCUT2D eigenvalue weighted by Crippen LogP contribution is -2.36. The zero-order valence-corrected chi connectivity index (χ0v) is 22.4. The highest BCUT2D eigenvalue weighted by Gasteiger charge is 2.36. The van der Waals surface area contributed by atoms with Crippen LogP contribution < -0.4 is 14.8 Å². The van der Waals surface area contributed by atoms with Crippen LogP contribution >= 0.6 is 46.0 Å². The van der Waals surface area contributed by atoms with Crippen molar-refractivity contribution in [3.63, 3.8) is 0 Å². The standard InChI is InChI=1S/C23H20ClIN2O7S/c1-3-33-20(29)12-34-21-16(24)8-13(9-17(21)32-2)10-18-22(30)27(23(31)35-18)11-19(28)26-15-6-4-14(25)5-7-15/h4-10H,3,11-12H2,1-2H3,(H,26,28)/b18-10-. The Kier molecular flexibility index (Phi) is 9.40. The molecule has 1 heterocycles. The molecule has 2 aromatic rings. The van der Waals surface area contributed by atoms with Crippen molar-refractivity contribution < 1.29 is 33.4 Å². The monoisotopic (exact) mass is 630 g/mol. The number of benzene rings is 2. The van der Waals surface area contributed by atoms with Crippen molar-refractivity contribution in [2.75, 3.05) is 32.2 Å². The van der Waals surface area contributed by atoms with E-state index in [9.17, 15) is 19.2 Å². The number of amides is 3. The van der Waals surface area contributed by atoms with Crippen molar-refractivity contribution in [1.29, 1.82) is 0 Å². The van der Waals surface area contributed by atoms with E-state index >= 15 is 0 Å². The summed E-state index contributed by atoms with van der Waals surface area (Å²) >= 11 is 9.15. The number of carbonyl (C=O) groups is 4. The Bertz CT molecular complexity index is 1190. The highest BCUT2D eigenvalue weighted by molar-refractivity contribution is 14.1. The van der Waals surface area contributed by atoms with E-state index in [0.29, 0.717) is 23.0 Å². The molecule has 9 nitrogen and oxygen atoms in total. The molecule has 0 radical (unpaired) electrons. The molecular weight excluding hydrogens is 611 g/mol. The maximum absolute atomic E-state index is 12.8. The second-order valence-corrected chi connectivity index (χ2v) is 9.60. The van der Waals surface area contributed by atoms with Crippen molar-refractivity contribution in [1.82, 2.24) is 4.90 Å². The van der Waals surface area contributed by atoms with E-state index < -0.39 is 29.6 Å². The molecule has 0 aliphatic carbocycles. The van der Waals surface area contributed by atoms with Crippen molar-refractivity contribution in [3.8, 4) is 11.5 Å². The van der Waals surface area contributed by atoms with E-state index in [4.69, 9.17) is 25.8 Å². The Morgan fingerprint density at radius 2 is 1.91 bits per heavy atom. The third-order valence-corrected chi connectivity index (χ3v) is 6.40. The number of methoxy groups -OCH3 is 1. The number of ether oxygens (including phenoxy) is 3. The van der Waals surface area contributed by atoms with Gasteiger partial charge in [-0.3, -0.25) is 19.3 Å². The number of imide groups is 1. The number of halogens is 2. The number of esters is 1. The fourth-order valence-corrected chi connectivity index (χ4v) is 4.43. The van der Waals surface area contributed by atoms with Crippen molar-refractivity contribution in [2.24, 2.45) is 0 Å². The average molecular weight is 631 g/mol. The summed E-state index contributed by atoms with van der Waals surface area (Å²) in [6, 6.07) is 10.2. The van der Waals surface area contributed by atoms with E-state index in [1.807, 2.05) is 12.1 Å². The van der Waals surface area contributed by atoms with Gasteiger partial charge in [0.15, 0.2) is 18.1 Å². The third kappa shape index (κ3) is 7.12. The normalized spacial score (nSPS) is 14.3. The molecule has 0 aromatic heterocycles. The molecule has 1 N–H and O–H groups in total. The smallest absolute Gasteiger partial charge is 0.344 e. The van der Waals surface area contributed by atoms with Crippen molar-refractivity contribution in [3.05, 3.63) is 55.5 Å².